The van der Waals surface area contributed by atoms with Gasteiger partial charge in [0.15, 0.2) is 0 Å². The van der Waals surface area contributed by atoms with Gasteiger partial charge in [0.25, 0.3) is 0 Å². The Morgan fingerprint density at radius 3 is 2.79 bits per heavy atom. The predicted molar refractivity (Wildman–Crippen MR) is 56.8 cm³/mol. The van der Waals surface area contributed by atoms with Crippen molar-refractivity contribution < 1.29 is 9.53 Å². The van der Waals surface area contributed by atoms with Gasteiger partial charge < -0.3 is 9.53 Å². The first-order valence-electron chi connectivity index (χ1n) is 4.88. The lowest BCUT2D eigenvalue weighted by atomic mass is 9.97. The number of carbonyl (C=O) groups excluding carboxylic acids is 1. The molecule has 0 aliphatic heterocycles. The zero-order valence-electron chi connectivity index (χ0n) is 8.91. The fraction of sp³-hybridized carbons (Fsp3) is 0.417. The molecule has 1 aromatic rings. The van der Waals surface area contributed by atoms with E-state index in [4.69, 9.17) is 4.74 Å². The van der Waals surface area contributed by atoms with E-state index >= 15 is 0 Å². The highest BCUT2D eigenvalue weighted by Gasteiger charge is 2.10. The van der Waals surface area contributed by atoms with Gasteiger partial charge in [-0.15, -0.1) is 0 Å². The van der Waals surface area contributed by atoms with Gasteiger partial charge in [-0.25, -0.2) is 0 Å². The second-order valence-electron chi connectivity index (χ2n) is 3.33. The van der Waals surface area contributed by atoms with Gasteiger partial charge >= 0.3 is 0 Å². The summed E-state index contributed by atoms with van der Waals surface area (Å²) in [4.78, 5) is 10.7. The normalized spacial score (nSPS) is 12.2. The molecule has 0 saturated heterocycles. The Morgan fingerprint density at radius 2 is 2.21 bits per heavy atom. The molecule has 0 aliphatic rings. The number of hydrogen-bond acceptors (Lipinski definition) is 2. The molecule has 0 heterocycles. The molecule has 0 bridgehead atoms. The average molecular weight is 192 g/mol. The van der Waals surface area contributed by atoms with Crippen LogP contribution in [0.3, 0.4) is 0 Å². The van der Waals surface area contributed by atoms with E-state index < -0.39 is 0 Å². The van der Waals surface area contributed by atoms with Gasteiger partial charge in [0, 0.05) is 5.92 Å². The highest BCUT2D eigenvalue weighted by atomic mass is 16.5. The van der Waals surface area contributed by atoms with Crippen LogP contribution >= 0.6 is 0 Å². The third kappa shape index (κ3) is 2.13. The summed E-state index contributed by atoms with van der Waals surface area (Å²) in [6.45, 7) is 6.49. The third-order valence-corrected chi connectivity index (χ3v) is 2.32. The van der Waals surface area contributed by atoms with Crippen LogP contribution in [0.15, 0.2) is 18.2 Å². The fourth-order valence-electron chi connectivity index (χ4n) is 1.51. The van der Waals surface area contributed by atoms with Gasteiger partial charge in [0.2, 0.25) is 0 Å². The standard InChI is InChI=1S/C12H16O2/c1-4-14-12-7-5-6-11(10(12)3)9(2)8-13/h5-9H,4H2,1-3H3. The van der Waals surface area contributed by atoms with Crippen molar-refractivity contribution in [1.29, 1.82) is 0 Å². The first kappa shape index (κ1) is 10.8. The Bertz CT molecular complexity index is 318. The Kier molecular flexibility index (Phi) is 3.69. The number of aldehydes is 1. The molecule has 0 fully saturated rings. The summed E-state index contributed by atoms with van der Waals surface area (Å²) in [5, 5.41) is 0. The van der Waals surface area contributed by atoms with Crippen LogP contribution in [0.1, 0.15) is 30.9 Å². The van der Waals surface area contributed by atoms with Crippen molar-refractivity contribution >= 4 is 6.29 Å². The summed E-state index contributed by atoms with van der Waals surface area (Å²) in [6, 6.07) is 5.82. The van der Waals surface area contributed by atoms with E-state index in [1.54, 1.807) is 0 Å². The van der Waals surface area contributed by atoms with Crippen LogP contribution in [-0.2, 0) is 4.79 Å². The molecule has 1 unspecified atom stereocenters. The van der Waals surface area contributed by atoms with Crippen LogP contribution in [-0.4, -0.2) is 12.9 Å². The van der Waals surface area contributed by atoms with Crippen molar-refractivity contribution in [3.63, 3.8) is 0 Å². The molecule has 2 nitrogen and oxygen atoms in total. The lowest BCUT2D eigenvalue weighted by Gasteiger charge is -2.13. The van der Waals surface area contributed by atoms with Crippen LogP contribution in [0.4, 0.5) is 0 Å². The Hall–Kier alpha value is -1.31. The second kappa shape index (κ2) is 4.80. The van der Waals surface area contributed by atoms with E-state index in [9.17, 15) is 4.79 Å². The summed E-state index contributed by atoms with van der Waals surface area (Å²) < 4.78 is 5.46. The minimum Gasteiger partial charge on any atom is -0.494 e. The van der Waals surface area contributed by atoms with Gasteiger partial charge in [-0.05, 0) is 31.0 Å². The lowest BCUT2D eigenvalue weighted by molar-refractivity contribution is -0.108. The summed E-state index contributed by atoms with van der Waals surface area (Å²) >= 11 is 0. The number of rotatable bonds is 4. The first-order valence-corrected chi connectivity index (χ1v) is 4.88. The van der Waals surface area contributed by atoms with Crippen molar-refractivity contribution in [3.8, 4) is 5.75 Å². The maximum absolute atomic E-state index is 10.7. The molecule has 76 valence electrons. The SMILES string of the molecule is CCOc1cccc(C(C)C=O)c1C. The van der Waals surface area contributed by atoms with E-state index in [0.29, 0.717) is 6.61 Å². The zero-order valence-corrected chi connectivity index (χ0v) is 8.91. The molecule has 0 N–H and O–H groups in total. The molecule has 1 rings (SSSR count). The molecule has 0 radical (unpaired) electrons. The molecule has 0 amide bonds. The second-order valence-corrected chi connectivity index (χ2v) is 3.33. The highest BCUT2D eigenvalue weighted by Crippen LogP contribution is 2.26. The Balaban J connectivity index is 3.06. The van der Waals surface area contributed by atoms with E-state index in [2.05, 4.69) is 0 Å². The molecule has 0 aromatic heterocycles. The maximum Gasteiger partial charge on any atom is 0.127 e. The van der Waals surface area contributed by atoms with Crippen LogP contribution in [0, 0.1) is 6.92 Å². The van der Waals surface area contributed by atoms with Crippen molar-refractivity contribution in [2.24, 2.45) is 0 Å². The van der Waals surface area contributed by atoms with Gasteiger partial charge in [-0.2, -0.15) is 0 Å². The van der Waals surface area contributed by atoms with Gasteiger partial charge in [-0.3, -0.25) is 0 Å². The minimum absolute atomic E-state index is 0.0598. The number of carbonyl (C=O) groups is 1. The first-order chi connectivity index (χ1) is 6.70. The molecular formula is C12H16O2. The van der Waals surface area contributed by atoms with E-state index in [1.807, 2.05) is 39.0 Å². The highest BCUT2D eigenvalue weighted by molar-refractivity contribution is 5.63. The molecule has 1 aromatic carbocycles. The summed E-state index contributed by atoms with van der Waals surface area (Å²) in [5.74, 6) is 0.814. The van der Waals surface area contributed by atoms with Crippen LogP contribution in [0.2, 0.25) is 0 Å². The Morgan fingerprint density at radius 1 is 1.50 bits per heavy atom. The number of hydrogen-bond donors (Lipinski definition) is 0. The van der Waals surface area contributed by atoms with E-state index in [1.165, 1.54) is 0 Å². The quantitative estimate of drug-likeness (QED) is 0.685. The fourth-order valence-corrected chi connectivity index (χ4v) is 1.51. The van der Waals surface area contributed by atoms with Crippen molar-refractivity contribution in [2.75, 3.05) is 6.61 Å². The van der Waals surface area contributed by atoms with Crippen LogP contribution < -0.4 is 4.74 Å². The van der Waals surface area contributed by atoms with Gasteiger partial charge in [-0.1, -0.05) is 19.1 Å². The molecule has 0 spiro atoms. The van der Waals surface area contributed by atoms with E-state index in [0.717, 1.165) is 23.2 Å². The predicted octanol–water partition coefficient (Wildman–Crippen LogP) is 2.70. The molecule has 14 heavy (non-hydrogen) atoms. The molecular weight excluding hydrogens is 176 g/mol. The largest absolute Gasteiger partial charge is 0.494 e. The van der Waals surface area contributed by atoms with E-state index in [-0.39, 0.29) is 5.92 Å². The number of benzene rings is 1. The third-order valence-electron chi connectivity index (χ3n) is 2.32. The molecule has 2 heteroatoms. The zero-order chi connectivity index (χ0) is 10.6. The van der Waals surface area contributed by atoms with Crippen molar-refractivity contribution in [3.05, 3.63) is 29.3 Å². The minimum atomic E-state index is -0.0598. The van der Waals surface area contributed by atoms with Gasteiger partial charge in [0.05, 0.1) is 6.61 Å². The topological polar surface area (TPSA) is 26.3 Å². The summed E-state index contributed by atoms with van der Waals surface area (Å²) in [5.41, 5.74) is 2.11. The summed E-state index contributed by atoms with van der Waals surface area (Å²) in [7, 11) is 0. The van der Waals surface area contributed by atoms with Crippen molar-refractivity contribution in [2.45, 2.75) is 26.7 Å². The van der Waals surface area contributed by atoms with Gasteiger partial charge in [0.1, 0.15) is 12.0 Å². The van der Waals surface area contributed by atoms with Crippen LogP contribution in [0.5, 0.6) is 5.75 Å². The average Bonchev–Trinajstić information content (AvgIpc) is 2.20. The molecule has 1 atom stereocenters. The molecule has 0 saturated carbocycles. The number of ether oxygens (including phenoxy) is 1. The Labute approximate surface area is 84.9 Å². The lowest BCUT2D eigenvalue weighted by Crippen LogP contribution is -2.01. The van der Waals surface area contributed by atoms with Crippen LogP contribution in [0.25, 0.3) is 0 Å². The molecule has 0 aliphatic carbocycles. The monoisotopic (exact) mass is 192 g/mol. The smallest absolute Gasteiger partial charge is 0.127 e. The van der Waals surface area contributed by atoms with Crippen molar-refractivity contribution in [1.82, 2.24) is 0 Å². The maximum atomic E-state index is 10.7. The summed E-state index contributed by atoms with van der Waals surface area (Å²) in [6.07, 6.45) is 0.956.